The van der Waals surface area contributed by atoms with Crippen LogP contribution in [0, 0.1) is 5.92 Å². The van der Waals surface area contributed by atoms with Gasteiger partial charge in [0.05, 0.1) is 12.5 Å². The molecule has 4 amide bonds. The zero-order chi connectivity index (χ0) is 27.0. The van der Waals surface area contributed by atoms with E-state index in [0.717, 1.165) is 0 Å². The second-order valence-electron chi connectivity index (χ2n) is 9.43. The lowest BCUT2D eigenvalue weighted by Gasteiger charge is -2.29. The number of nitrogens with two attached hydrogens (primary N) is 2. The Labute approximate surface area is 209 Å². The Balaban J connectivity index is 2.11. The first-order valence-electron chi connectivity index (χ1n) is 11.8. The normalized spacial score (nSPS) is 17.8. The molecule has 0 aliphatic carbocycles. The van der Waals surface area contributed by atoms with Crippen molar-refractivity contribution in [3.8, 4) is 5.75 Å². The SMILES string of the molecule is CC(C)C[C@H](NC(=O)[C@@H]1CCCN1C(=O)[C@@H](N)CC(N)=O)C(=O)N[C@@H](Cc1ccc(O)cc1)C(=O)O. The number of carboxylic acid groups (broad SMARTS) is 1. The van der Waals surface area contributed by atoms with Crippen LogP contribution in [0.25, 0.3) is 0 Å². The molecule has 0 aromatic heterocycles. The molecule has 198 valence electrons. The number of hydrogen-bond donors (Lipinski definition) is 6. The van der Waals surface area contributed by atoms with Gasteiger partial charge in [0.15, 0.2) is 0 Å². The van der Waals surface area contributed by atoms with Gasteiger partial charge in [-0.05, 0) is 42.9 Å². The Morgan fingerprint density at radius 2 is 1.72 bits per heavy atom. The third-order valence-electron chi connectivity index (χ3n) is 5.91. The number of benzene rings is 1. The number of amides is 4. The Bertz CT molecular complexity index is 966. The monoisotopic (exact) mass is 505 g/mol. The Hall–Kier alpha value is -3.67. The van der Waals surface area contributed by atoms with Crippen LogP contribution in [-0.4, -0.2) is 75.4 Å². The topological polar surface area (TPSA) is 205 Å². The summed E-state index contributed by atoms with van der Waals surface area (Å²) in [5.41, 5.74) is 11.5. The van der Waals surface area contributed by atoms with Crippen molar-refractivity contribution < 1.29 is 34.2 Å². The molecule has 12 heteroatoms. The van der Waals surface area contributed by atoms with Crippen molar-refractivity contribution in [1.82, 2.24) is 15.5 Å². The number of phenolic OH excluding ortho intramolecular Hbond substituents is 1. The highest BCUT2D eigenvalue weighted by molar-refractivity contribution is 5.95. The summed E-state index contributed by atoms with van der Waals surface area (Å²) in [5, 5.41) is 24.2. The van der Waals surface area contributed by atoms with Crippen LogP contribution >= 0.6 is 0 Å². The number of likely N-dealkylation sites (tertiary alicyclic amines) is 1. The van der Waals surface area contributed by atoms with Gasteiger partial charge < -0.3 is 37.2 Å². The molecule has 0 unspecified atom stereocenters. The van der Waals surface area contributed by atoms with Gasteiger partial charge in [-0.2, -0.15) is 0 Å². The lowest BCUT2D eigenvalue weighted by Crippen LogP contribution is -2.57. The van der Waals surface area contributed by atoms with Crippen LogP contribution in [0.5, 0.6) is 5.75 Å². The summed E-state index contributed by atoms with van der Waals surface area (Å²) in [5.74, 6) is -3.75. The van der Waals surface area contributed by atoms with E-state index in [1.165, 1.54) is 17.0 Å². The summed E-state index contributed by atoms with van der Waals surface area (Å²) >= 11 is 0. The maximum atomic E-state index is 13.1. The number of rotatable bonds is 12. The number of aliphatic carboxylic acids is 1. The summed E-state index contributed by atoms with van der Waals surface area (Å²) in [4.78, 5) is 63.0. The average molecular weight is 506 g/mol. The van der Waals surface area contributed by atoms with Gasteiger partial charge in [-0.15, -0.1) is 0 Å². The number of phenols is 1. The van der Waals surface area contributed by atoms with Crippen molar-refractivity contribution in [2.75, 3.05) is 6.54 Å². The average Bonchev–Trinajstić information content (AvgIpc) is 3.28. The van der Waals surface area contributed by atoms with Crippen molar-refractivity contribution in [3.05, 3.63) is 29.8 Å². The van der Waals surface area contributed by atoms with E-state index in [1.54, 1.807) is 12.1 Å². The number of carboxylic acids is 1. The molecule has 1 aromatic rings. The Morgan fingerprint density at radius 1 is 1.08 bits per heavy atom. The Kier molecular flexibility index (Phi) is 10.2. The van der Waals surface area contributed by atoms with Gasteiger partial charge in [-0.3, -0.25) is 19.2 Å². The van der Waals surface area contributed by atoms with E-state index in [-0.39, 0.29) is 37.5 Å². The van der Waals surface area contributed by atoms with Crippen LogP contribution < -0.4 is 22.1 Å². The number of carbonyl (C=O) groups is 5. The van der Waals surface area contributed by atoms with E-state index in [2.05, 4.69) is 10.6 Å². The number of aromatic hydroxyl groups is 1. The van der Waals surface area contributed by atoms with Crippen molar-refractivity contribution in [1.29, 1.82) is 0 Å². The molecule has 0 spiro atoms. The lowest BCUT2D eigenvalue weighted by atomic mass is 10.0. The third-order valence-corrected chi connectivity index (χ3v) is 5.91. The van der Waals surface area contributed by atoms with E-state index in [0.29, 0.717) is 18.4 Å². The largest absolute Gasteiger partial charge is 0.508 e. The molecule has 2 rings (SSSR count). The predicted molar refractivity (Wildman–Crippen MR) is 129 cm³/mol. The minimum absolute atomic E-state index is 0.00766. The molecule has 4 atom stereocenters. The van der Waals surface area contributed by atoms with Crippen LogP contribution in [0.2, 0.25) is 0 Å². The minimum atomic E-state index is -1.26. The maximum Gasteiger partial charge on any atom is 0.326 e. The number of hydrogen-bond acceptors (Lipinski definition) is 7. The second-order valence-corrected chi connectivity index (χ2v) is 9.43. The van der Waals surface area contributed by atoms with E-state index in [9.17, 15) is 34.2 Å². The lowest BCUT2D eigenvalue weighted by molar-refractivity contribution is -0.143. The smallest absolute Gasteiger partial charge is 0.326 e. The van der Waals surface area contributed by atoms with E-state index in [1.807, 2.05) is 13.8 Å². The minimum Gasteiger partial charge on any atom is -0.508 e. The molecule has 1 heterocycles. The van der Waals surface area contributed by atoms with Crippen molar-refractivity contribution in [3.63, 3.8) is 0 Å². The van der Waals surface area contributed by atoms with Crippen LogP contribution in [0.1, 0.15) is 45.1 Å². The molecule has 1 saturated heterocycles. The number of nitrogens with one attached hydrogen (secondary N) is 2. The third kappa shape index (κ3) is 8.22. The highest BCUT2D eigenvalue weighted by atomic mass is 16.4. The fourth-order valence-electron chi connectivity index (χ4n) is 4.13. The standard InChI is InChI=1S/C24H35N5O7/c1-13(2)10-17(21(32)28-18(24(35)36)11-14-5-7-15(30)8-6-14)27-22(33)19-4-3-9-29(19)23(34)16(25)12-20(26)31/h5-8,13,16-19,30H,3-4,9-12,25H2,1-2H3,(H2,26,31)(H,27,33)(H,28,32)(H,35,36)/t16-,17-,18-,19-/m0/s1. The maximum absolute atomic E-state index is 13.1. The highest BCUT2D eigenvalue weighted by Crippen LogP contribution is 2.20. The molecular formula is C24H35N5O7. The van der Waals surface area contributed by atoms with E-state index in [4.69, 9.17) is 11.5 Å². The van der Waals surface area contributed by atoms with Crippen molar-refractivity contribution >= 4 is 29.6 Å². The van der Waals surface area contributed by atoms with Gasteiger partial charge in [-0.1, -0.05) is 26.0 Å². The van der Waals surface area contributed by atoms with Crippen LogP contribution in [0.15, 0.2) is 24.3 Å². The Morgan fingerprint density at radius 3 is 2.28 bits per heavy atom. The summed E-state index contributed by atoms with van der Waals surface area (Å²) in [6, 6.07) is 1.62. The van der Waals surface area contributed by atoms with Crippen LogP contribution in [0.4, 0.5) is 0 Å². The fourth-order valence-corrected chi connectivity index (χ4v) is 4.13. The van der Waals surface area contributed by atoms with Crippen LogP contribution in [0.3, 0.4) is 0 Å². The van der Waals surface area contributed by atoms with E-state index < -0.39 is 53.8 Å². The number of primary amides is 1. The number of carbonyl (C=O) groups excluding carboxylic acids is 4. The molecule has 0 saturated carbocycles. The van der Waals surface area contributed by atoms with Gasteiger partial charge in [0.25, 0.3) is 0 Å². The fraction of sp³-hybridized carbons (Fsp3) is 0.542. The number of nitrogens with zero attached hydrogens (tertiary/aromatic N) is 1. The zero-order valence-corrected chi connectivity index (χ0v) is 20.5. The first kappa shape index (κ1) is 28.6. The van der Waals surface area contributed by atoms with Gasteiger partial charge in [-0.25, -0.2) is 4.79 Å². The van der Waals surface area contributed by atoms with Gasteiger partial charge >= 0.3 is 5.97 Å². The molecule has 36 heavy (non-hydrogen) atoms. The second kappa shape index (κ2) is 12.9. The zero-order valence-electron chi connectivity index (χ0n) is 20.5. The molecule has 12 nitrogen and oxygen atoms in total. The molecule has 1 fully saturated rings. The summed E-state index contributed by atoms with van der Waals surface area (Å²) in [6.07, 6.45) is 0.772. The predicted octanol–water partition coefficient (Wildman–Crippen LogP) is -0.771. The first-order valence-corrected chi connectivity index (χ1v) is 11.8. The molecule has 1 aliphatic rings. The highest BCUT2D eigenvalue weighted by Gasteiger charge is 2.38. The summed E-state index contributed by atoms with van der Waals surface area (Å²) < 4.78 is 0. The van der Waals surface area contributed by atoms with Gasteiger partial charge in [0.1, 0.15) is 23.9 Å². The molecule has 0 radical (unpaired) electrons. The van der Waals surface area contributed by atoms with Crippen LogP contribution in [-0.2, 0) is 30.4 Å². The van der Waals surface area contributed by atoms with Gasteiger partial charge in [0.2, 0.25) is 23.6 Å². The molecule has 8 N–H and O–H groups in total. The summed E-state index contributed by atoms with van der Waals surface area (Å²) in [7, 11) is 0. The molecule has 1 aliphatic heterocycles. The van der Waals surface area contributed by atoms with E-state index >= 15 is 0 Å². The summed E-state index contributed by atoms with van der Waals surface area (Å²) in [6.45, 7) is 3.98. The molecule has 0 bridgehead atoms. The van der Waals surface area contributed by atoms with Gasteiger partial charge in [0, 0.05) is 13.0 Å². The molecular weight excluding hydrogens is 470 g/mol. The molecule has 1 aromatic carbocycles. The first-order chi connectivity index (χ1) is 16.9. The van der Waals surface area contributed by atoms with Crippen molar-refractivity contribution in [2.24, 2.45) is 17.4 Å². The van der Waals surface area contributed by atoms with Crippen molar-refractivity contribution in [2.45, 2.75) is 70.1 Å². The quantitative estimate of drug-likeness (QED) is 0.212.